The molecule has 0 aromatic rings. The van der Waals surface area contributed by atoms with Crippen LogP contribution in [-0.2, 0) is 4.74 Å². The molecule has 0 spiro atoms. The van der Waals surface area contributed by atoms with Gasteiger partial charge in [0.1, 0.15) is 5.60 Å². The summed E-state index contributed by atoms with van der Waals surface area (Å²) in [5.41, 5.74) is -0.482. The van der Waals surface area contributed by atoms with Crippen molar-refractivity contribution in [3.8, 4) is 0 Å². The first-order chi connectivity index (χ1) is 8.20. The van der Waals surface area contributed by atoms with Gasteiger partial charge in [-0.25, -0.2) is 9.59 Å². The minimum absolute atomic E-state index is 0.0657. The monoisotopic (exact) mass is 260 g/mol. The fourth-order valence-corrected chi connectivity index (χ4v) is 1.36. The largest absolute Gasteiger partial charge is 0.465 e. The molecule has 6 heteroatoms. The van der Waals surface area contributed by atoms with Crippen LogP contribution in [0.1, 0.15) is 47.0 Å². The quantitative estimate of drug-likeness (QED) is 0.640. The number of carboxylic acid groups (broad SMARTS) is 1. The first-order valence-electron chi connectivity index (χ1n) is 6.17. The molecule has 1 unspecified atom stereocenters. The second-order valence-corrected chi connectivity index (χ2v) is 5.27. The van der Waals surface area contributed by atoms with Crippen molar-refractivity contribution in [3.63, 3.8) is 0 Å². The Labute approximate surface area is 108 Å². The van der Waals surface area contributed by atoms with Crippen LogP contribution >= 0.6 is 0 Å². The molecule has 0 bridgehead atoms. The zero-order valence-corrected chi connectivity index (χ0v) is 11.6. The smallest absolute Gasteiger partial charge is 0.407 e. The average Bonchev–Trinajstić information content (AvgIpc) is 2.12. The van der Waals surface area contributed by atoms with Gasteiger partial charge in [0, 0.05) is 12.6 Å². The number of amides is 2. The van der Waals surface area contributed by atoms with Gasteiger partial charge in [0.2, 0.25) is 0 Å². The van der Waals surface area contributed by atoms with Gasteiger partial charge in [-0.3, -0.25) is 0 Å². The number of hydrogen-bond donors (Lipinski definition) is 3. The van der Waals surface area contributed by atoms with Crippen LogP contribution in [0.15, 0.2) is 0 Å². The minimum atomic E-state index is -1.01. The molecule has 0 aliphatic rings. The van der Waals surface area contributed by atoms with Crippen molar-refractivity contribution in [3.05, 3.63) is 0 Å². The van der Waals surface area contributed by atoms with Gasteiger partial charge in [-0.15, -0.1) is 0 Å². The lowest BCUT2D eigenvalue weighted by atomic mass is 10.1. The molecule has 3 N–H and O–H groups in total. The molecule has 0 aromatic heterocycles. The second-order valence-electron chi connectivity index (χ2n) is 5.27. The molecule has 0 heterocycles. The highest BCUT2D eigenvalue weighted by Gasteiger charge is 2.15. The summed E-state index contributed by atoms with van der Waals surface area (Å²) >= 11 is 0. The topological polar surface area (TPSA) is 87.7 Å². The summed E-state index contributed by atoms with van der Waals surface area (Å²) in [5.74, 6) is 0. The van der Waals surface area contributed by atoms with Crippen molar-refractivity contribution in [2.45, 2.75) is 58.6 Å². The predicted octanol–water partition coefficient (Wildman–Crippen LogP) is 2.34. The number of carbonyl (C=O) groups is 2. The maximum absolute atomic E-state index is 11.3. The highest BCUT2D eigenvalue weighted by Crippen LogP contribution is 2.06. The van der Waals surface area contributed by atoms with E-state index in [4.69, 9.17) is 9.84 Å². The summed E-state index contributed by atoms with van der Waals surface area (Å²) in [5, 5.41) is 13.5. The molecular weight excluding hydrogens is 236 g/mol. The Kier molecular flexibility index (Phi) is 7.16. The SMILES string of the molecule is CC(CCCCNC(=O)OC(C)(C)C)NC(=O)O. The highest BCUT2D eigenvalue weighted by molar-refractivity contribution is 5.67. The molecule has 0 radical (unpaired) electrons. The number of ether oxygens (including phenoxy) is 1. The van der Waals surface area contributed by atoms with Crippen LogP contribution in [0.4, 0.5) is 9.59 Å². The first kappa shape index (κ1) is 16.5. The van der Waals surface area contributed by atoms with Gasteiger partial charge in [0.25, 0.3) is 0 Å². The average molecular weight is 260 g/mol. The van der Waals surface area contributed by atoms with E-state index in [1.54, 1.807) is 0 Å². The standard InChI is InChI=1S/C12H24N2O4/c1-9(14-10(15)16)7-5-6-8-13-11(17)18-12(2,3)4/h9,14H,5-8H2,1-4H3,(H,13,17)(H,15,16). The third-order valence-corrected chi connectivity index (χ3v) is 2.10. The molecule has 0 saturated carbocycles. The Morgan fingerprint density at radius 3 is 2.39 bits per heavy atom. The number of unbranched alkanes of at least 4 members (excludes halogenated alkanes) is 1. The van der Waals surface area contributed by atoms with E-state index in [-0.39, 0.29) is 6.04 Å². The van der Waals surface area contributed by atoms with E-state index in [9.17, 15) is 9.59 Å². The Bertz CT molecular complexity index is 274. The van der Waals surface area contributed by atoms with Crippen molar-refractivity contribution in [2.75, 3.05) is 6.54 Å². The summed E-state index contributed by atoms with van der Waals surface area (Å²) in [6, 6.07) is -0.0657. The Balaban J connectivity index is 3.51. The van der Waals surface area contributed by atoms with Crippen molar-refractivity contribution in [2.24, 2.45) is 0 Å². The van der Waals surface area contributed by atoms with Crippen LogP contribution in [0.2, 0.25) is 0 Å². The lowest BCUT2D eigenvalue weighted by Crippen LogP contribution is -2.33. The summed E-state index contributed by atoms with van der Waals surface area (Å²) in [7, 11) is 0. The second kappa shape index (κ2) is 7.79. The van der Waals surface area contributed by atoms with Crippen molar-refractivity contribution < 1.29 is 19.4 Å². The molecule has 18 heavy (non-hydrogen) atoms. The number of nitrogens with one attached hydrogen (secondary N) is 2. The van der Waals surface area contributed by atoms with Crippen LogP contribution in [0.5, 0.6) is 0 Å². The Hall–Kier alpha value is -1.46. The number of hydrogen-bond acceptors (Lipinski definition) is 3. The molecule has 0 fully saturated rings. The molecule has 0 rings (SSSR count). The summed E-state index contributed by atoms with van der Waals surface area (Å²) in [6.07, 6.45) is 0.971. The normalized spacial score (nSPS) is 12.7. The molecule has 0 saturated heterocycles. The van der Waals surface area contributed by atoms with E-state index in [2.05, 4.69) is 10.6 Å². The fraction of sp³-hybridized carbons (Fsp3) is 0.833. The maximum atomic E-state index is 11.3. The van der Waals surface area contributed by atoms with E-state index < -0.39 is 17.8 Å². The van der Waals surface area contributed by atoms with Gasteiger partial charge in [0.15, 0.2) is 0 Å². The van der Waals surface area contributed by atoms with Gasteiger partial charge >= 0.3 is 12.2 Å². The third-order valence-electron chi connectivity index (χ3n) is 2.10. The minimum Gasteiger partial charge on any atom is -0.465 e. The molecule has 2 amide bonds. The fourth-order valence-electron chi connectivity index (χ4n) is 1.36. The van der Waals surface area contributed by atoms with Crippen molar-refractivity contribution >= 4 is 12.2 Å². The van der Waals surface area contributed by atoms with Crippen LogP contribution in [0.3, 0.4) is 0 Å². The summed E-state index contributed by atoms with van der Waals surface area (Å²) in [6.45, 7) is 7.79. The van der Waals surface area contributed by atoms with E-state index in [0.717, 1.165) is 19.3 Å². The molecule has 0 aliphatic carbocycles. The predicted molar refractivity (Wildman–Crippen MR) is 68.7 cm³/mol. The van der Waals surface area contributed by atoms with Crippen LogP contribution in [0, 0.1) is 0 Å². The molecule has 6 nitrogen and oxygen atoms in total. The summed E-state index contributed by atoms with van der Waals surface area (Å²) in [4.78, 5) is 21.6. The van der Waals surface area contributed by atoms with Crippen LogP contribution in [0.25, 0.3) is 0 Å². The van der Waals surface area contributed by atoms with Gasteiger partial charge < -0.3 is 20.5 Å². The number of carbonyl (C=O) groups excluding carboxylic acids is 1. The molecule has 1 atom stereocenters. The van der Waals surface area contributed by atoms with Gasteiger partial charge in [-0.2, -0.15) is 0 Å². The van der Waals surface area contributed by atoms with Crippen LogP contribution < -0.4 is 10.6 Å². The molecule has 106 valence electrons. The zero-order valence-electron chi connectivity index (χ0n) is 11.6. The number of alkyl carbamates (subject to hydrolysis) is 1. The Morgan fingerprint density at radius 2 is 1.89 bits per heavy atom. The van der Waals surface area contributed by atoms with Crippen molar-refractivity contribution in [1.29, 1.82) is 0 Å². The van der Waals surface area contributed by atoms with Gasteiger partial charge in [0.05, 0.1) is 0 Å². The third kappa shape index (κ3) is 11.0. The Morgan fingerprint density at radius 1 is 1.28 bits per heavy atom. The van der Waals surface area contributed by atoms with Crippen molar-refractivity contribution in [1.82, 2.24) is 10.6 Å². The molecular formula is C12H24N2O4. The lowest BCUT2D eigenvalue weighted by Gasteiger charge is -2.19. The maximum Gasteiger partial charge on any atom is 0.407 e. The highest BCUT2D eigenvalue weighted by atomic mass is 16.6. The van der Waals surface area contributed by atoms with Crippen LogP contribution in [-0.4, -0.2) is 35.5 Å². The van der Waals surface area contributed by atoms with E-state index in [1.165, 1.54) is 0 Å². The van der Waals surface area contributed by atoms with Gasteiger partial charge in [-0.1, -0.05) is 0 Å². The molecule has 0 aliphatic heterocycles. The molecule has 0 aromatic carbocycles. The first-order valence-corrected chi connectivity index (χ1v) is 6.17. The van der Waals surface area contributed by atoms with E-state index >= 15 is 0 Å². The lowest BCUT2D eigenvalue weighted by molar-refractivity contribution is 0.0527. The number of rotatable bonds is 6. The van der Waals surface area contributed by atoms with E-state index in [1.807, 2.05) is 27.7 Å². The van der Waals surface area contributed by atoms with E-state index in [0.29, 0.717) is 6.54 Å². The zero-order chi connectivity index (χ0) is 14.2. The van der Waals surface area contributed by atoms with Gasteiger partial charge in [-0.05, 0) is 47.0 Å². The summed E-state index contributed by atoms with van der Waals surface area (Å²) < 4.78 is 5.08.